The van der Waals surface area contributed by atoms with Crippen molar-refractivity contribution in [3.63, 3.8) is 0 Å². The van der Waals surface area contributed by atoms with E-state index in [1.807, 2.05) is 0 Å². The summed E-state index contributed by atoms with van der Waals surface area (Å²) < 4.78 is 2.39. The van der Waals surface area contributed by atoms with E-state index in [0.717, 1.165) is 4.57 Å². The minimum absolute atomic E-state index is 0.0112. The van der Waals surface area contributed by atoms with Crippen LogP contribution in [0.2, 0.25) is 0 Å². The minimum Gasteiger partial charge on any atom is -0.508 e. The molecule has 162 valence electrons. The third kappa shape index (κ3) is 5.00. The lowest BCUT2D eigenvalue weighted by Gasteiger charge is -2.13. The average molecular weight is 424 g/mol. The number of aromatic hydroxyl groups is 1. The Hall–Kier alpha value is -3.88. The summed E-state index contributed by atoms with van der Waals surface area (Å²) in [5, 5.41) is 15.2. The smallest absolute Gasteiger partial charge is 0.331 e. The minimum atomic E-state index is -0.528. The van der Waals surface area contributed by atoms with E-state index >= 15 is 0 Å². The molecule has 2 amide bonds. The number of fused-ring (bicyclic) bond motifs is 1. The second-order valence-corrected chi connectivity index (χ2v) is 6.95. The normalized spacial score (nSPS) is 10.7. The quantitative estimate of drug-likeness (QED) is 0.462. The Labute approximate surface area is 177 Å². The number of hydrogen-bond donors (Lipinski definition) is 3. The fourth-order valence-corrected chi connectivity index (χ4v) is 3.27. The number of hydrogen-bond acceptors (Lipinski definition) is 5. The molecule has 0 radical (unpaired) electrons. The van der Waals surface area contributed by atoms with Gasteiger partial charge in [0.2, 0.25) is 5.91 Å². The predicted octanol–water partition coefficient (Wildman–Crippen LogP) is 0.825. The Morgan fingerprint density at radius 3 is 2.45 bits per heavy atom. The Morgan fingerprint density at radius 2 is 1.71 bits per heavy atom. The number of nitrogens with one attached hydrogen (secondary N) is 2. The topological polar surface area (TPSA) is 122 Å². The van der Waals surface area contributed by atoms with Crippen molar-refractivity contribution in [1.82, 2.24) is 19.8 Å². The molecule has 31 heavy (non-hydrogen) atoms. The van der Waals surface area contributed by atoms with Gasteiger partial charge < -0.3 is 15.7 Å². The predicted molar refractivity (Wildman–Crippen MR) is 116 cm³/mol. The maximum absolute atomic E-state index is 12.7. The summed E-state index contributed by atoms with van der Waals surface area (Å²) >= 11 is 0. The maximum atomic E-state index is 12.7. The molecule has 9 nitrogen and oxygen atoms in total. The summed E-state index contributed by atoms with van der Waals surface area (Å²) in [4.78, 5) is 49.5. The van der Waals surface area contributed by atoms with Gasteiger partial charge in [-0.2, -0.15) is 0 Å². The van der Waals surface area contributed by atoms with E-state index in [2.05, 4.69) is 10.6 Å². The monoisotopic (exact) mass is 424 g/mol. The van der Waals surface area contributed by atoms with Crippen molar-refractivity contribution in [2.24, 2.45) is 0 Å². The highest BCUT2D eigenvalue weighted by Crippen LogP contribution is 2.10. The molecule has 0 bridgehead atoms. The van der Waals surface area contributed by atoms with Gasteiger partial charge in [-0.15, -0.1) is 0 Å². The van der Waals surface area contributed by atoms with Crippen molar-refractivity contribution in [1.29, 1.82) is 0 Å². The van der Waals surface area contributed by atoms with Crippen molar-refractivity contribution >= 4 is 22.7 Å². The summed E-state index contributed by atoms with van der Waals surface area (Å²) in [6.07, 6.45) is 0.487. The van der Waals surface area contributed by atoms with Gasteiger partial charge in [0, 0.05) is 25.2 Å². The van der Waals surface area contributed by atoms with Crippen LogP contribution in [-0.2, 0) is 17.9 Å². The third-order valence-electron chi connectivity index (χ3n) is 4.82. The molecule has 0 aliphatic heterocycles. The lowest BCUT2D eigenvalue weighted by molar-refractivity contribution is -0.121. The maximum Gasteiger partial charge on any atom is 0.331 e. The molecule has 3 N–H and O–H groups in total. The molecule has 0 saturated carbocycles. The van der Waals surface area contributed by atoms with Crippen molar-refractivity contribution in [3.05, 3.63) is 74.9 Å². The number of phenolic OH excluding ortho intramolecular Hbond substituents is 1. The van der Waals surface area contributed by atoms with Crippen molar-refractivity contribution < 1.29 is 14.7 Å². The SMILES string of the molecule is CCn1c(=O)c2ccccc2n(CC(=O)NCCCNC(=O)c2cccc(O)c2)c1=O. The first kappa shape index (κ1) is 21.8. The fourth-order valence-electron chi connectivity index (χ4n) is 3.27. The Kier molecular flexibility index (Phi) is 6.86. The zero-order chi connectivity index (χ0) is 22.4. The van der Waals surface area contributed by atoms with Gasteiger partial charge >= 0.3 is 5.69 Å². The van der Waals surface area contributed by atoms with Gasteiger partial charge in [0.1, 0.15) is 12.3 Å². The van der Waals surface area contributed by atoms with Crippen LogP contribution in [0.5, 0.6) is 5.75 Å². The Bertz CT molecular complexity index is 1230. The lowest BCUT2D eigenvalue weighted by atomic mass is 10.2. The van der Waals surface area contributed by atoms with Crippen molar-refractivity contribution in [2.75, 3.05) is 13.1 Å². The third-order valence-corrected chi connectivity index (χ3v) is 4.82. The number of amides is 2. The van der Waals surface area contributed by atoms with Crippen LogP contribution in [0.15, 0.2) is 58.1 Å². The van der Waals surface area contributed by atoms with Crippen LogP contribution in [-0.4, -0.2) is 39.1 Å². The molecule has 1 aromatic heterocycles. The summed E-state index contributed by atoms with van der Waals surface area (Å²) in [5.41, 5.74) is -0.140. The van der Waals surface area contributed by atoms with E-state index in [9.17, 15) is 24.3 Å². The number of carbonyl (C=O) groups excluding carboxylic acids is 2. The van der Waals surface area contributed by atoms with E-state index in [-0.39, 0.29) is 36.2 Å². The zero-order valence-electron chi connectivity index (χ0n) is 17.1. The van der Waals surface area contributed by atoms with Crippen LogP contribution in [0.3, 0.4) is 0 Å². The summed E-state index contributed by atoms with van der Waals surface area (Å²) in [7, 11) is 0. The molecule has 1 heterocycles. The number of para-hydroxylation sites is 1. The highest BCUT2D eigenvalue weighted by molar-refractivity contribution is 5.94. The highest BCUT2D eigenvalue weighted by Gasteiger charge is 2.14. The molecule has 0 atom stereocenters. The number of nitrogens with zero attached hydrogens (tertiary/aromatic N) is 2. The Morgan fingerprint density at radius 1 is 0.968 bits per heavy atom. The molecule has 0 aliphatic carbocycles. The summed E-state index contributed by atoms with van der Waals surface area (Å²) in [6.45, 7) is 2.34. The molecular formula is C22H24N4O5. The van der Waals surface area contributed by atoms with Crippen LogP contribution in [0.4, 0.5) is 0 Å². The van der Waals surface area contributed by atoms with Gasteiger partial charge in [0.05, 0.1) is 10.9 Å². The van der Waals surface area contributed by atoms with Gasteiger partial charge in [0.25, 0.3) is 11.5 Å². The van der Waals surface area contributed by atoms with Crippen LogP contribution >= 0.6 is 0 Å². The first-order valence-corrected chi connectivity index (χ1v) is 9.98. The van der Waals surface area contributed by atoms with Gasteiger partial charge in [0.15, 0.2) is 0 Å². The van der Waals surface area contributed by atoms with Crippen LogP contribution in [0.1, 0.15) is 23.7 Å². The summed E-state index contributed by atoms with van der Waals surface area (Å²) in [6, 6.07) is 12.7. The van der Waals surface area contributed by atoms with E-state index < -0.39 is 5.69 Å². The number of aromatic nitrogens is 2. The number of rotatable bonds is 8. The van der Waals surface area contributed by atoms with E-state index in [4.69, 9.17) is 0 Å². The zero-order valence-corrected chi connectivity index (χ0v) is 17.1. The second-order valence-electron chi connectivity index (χ2n) is 6.95. The number of phenols is 1. The van der Waals surface area contributed by atoms with Gasteiger partial charge in [-0.1, -0.05) is 18.2 Å². The molecule has 0 saturated heterocycles. The van der Waals surface area contributed by atoms with Crippen molar-refractivity contribution in [2.45, 2.75) is 26.4 Å². The van der Waals surface area contributed by atoms with Gasteiger partial charge in [-0.3, -0.25) is 23.5 Å². The van der Waals surface area contributed by atoms with Crippen LogP contribution in [0, 0.1) is 0 Å². The molecule has 0 spiro atoms. The van der Waals surface area contributed by atoms with E-state index in [1.54, 1.807) is 43.3 Å². The molecule has 0 unspecified atom stereocenters. The first-order valence-electron chi connectivity index (χ1n) is 9.98. The standard InChI is InChI=1S/C22H24N4O5/c1-2-25-21(30)17-9-3-4-10-18(17)26(22(25)31)14-19(28)23-11-6-12-24-20(29)15-7-5-8-16(27)13-15/h3-5,7-10,13,27H,2,6,11-12,14H2,1H3,(H,23,28)(H,24,29). The van der Waals surface area contributed by atoms with Gasteiger partial charge in [-0.05, 0) is 43.7 Å². The lowest BCUT2D eigenvalue weighted by Crippen LogP contribution is -2.42. The molecule has 2 aromatic carbocycles. The number of benzene rings is 2. The molecule has 0 fully saturated rings. The van der Waals surface area contributed by atoms with Crippen molar-refractivity contribution in [3.8, 4) is 5.75 Å². The molecule has 3 rings (SSSR count). The number of carbonyl (C=O) groups is 2. The van der Waals surface area contributed by atoms with Crippen LogP contribution < -0.4 is 21.9 Å². The molecule has 9 heteroatoms. The molecular weight excluding hydrogens is 400 g/mol. The Balaban J connectivity index is 1.57. The van der Waals surface area contributed by atoms with E-state index in [0.29, 0.717) is 36.0 Å². The largest absolute Gasteiger partial charge is 0.508 e. The molecule has 0 aliphatic rings. The second kappa shape index (κ2) is 9.75. The van der Waals surface area contributed by atoms with Crippen LogP contribution in [0.25, 0.3) is 10.9 Å². The molecule has 3 aromatic rings. The average Bonchev–Trinajstić information content (AvgIpc) is 2.76. The van der Waals surface area contributed by atoms with E-state index in [1.165, 1.54) is 16.7 Å². The fraction of sp³-hybridized carbons (Fsp3) is 0.273. The first-order chi connectivity index (χ1) is 14.9. The summed E-state index contributed by atoms with van der Waals surface area (Å²) in [5.74, 6) is -0.674. The van der Waals surface area contributed by atoms with Gasteiger partial charge in [-0.25, -0.2) is 4.79 Å². The highest BCUT2D eigenvalue weighted by atomic mass is 16.3.